The lowest BCUT2D eigenvalue weighted by molar-refractivity contribution is -0.169. The number of rotatable bonds is 5. The van der Waals surface area contributed by atoms with Crippen LogP contribution in [-0.2, 0) is 9.53 Å². The lowest BCUT2D eigenvalue weighted by atomic mass is 10.1. The molecule has 0 bridgehead atoms. The zero-order valence-electron chi connectivity index (χ0n) is 16.9. The van der Waals surface area contributed by atoms with E-state index in [9.17, 15) is 27.6 Å². The fourth-order valence-corrected chi connectivity index (χ4v) is 3.92. The van der Waals surface area contributed by atoms with Gasteiger partial charge in [0, 0.05) is 23.7 Å². The van der Waals surface area contributed by atoms with E-state index < -0.39 is 29.9 Å². The van der Waals surface area contributed by atoms with Gasteiger partial charge in [0.15, 0.2) is 0 Å². The summed E-state index contributed by atoms with van der Waals surface area (Å²) in [6.07, 6.45) is -5.14. The number of hydrogen-bond donors (Lipinski definition) is 2. The molecule has 0 saturated carbocycles. The van der Waals surface area contributed by atoms with Gasteiger partial charge in [0.05, 0.1) is 29.0 Å². The molecule has 1 aliphatic rings. The lowest BCUT2D eigenvalue weighted by Gasteiger charge is -2.35. The summed E-state index contributed by atoms with van der Waals surface area (Å²) in [5, 5.41) is 3.18. The number of amides is 3. The Morgan fingerprint density at radius 1 is 1.18 bits per heavy atom. The zero-order valence-corrected chi connectivity index (χ0v) is 18.5. The quantitative estimate of drug-likeness (QED) is 0.481. The molecule has 3 amide bonds. The van der Waals surface area contributed by atoms with E-state index in [2.05, 4.69) is 10.3 Å². The number of amidine groups is 1. The summed E-state index contributed by atoms with van der Waals surface area (Å²) in [6.45, 7) is 0.995. The van der Waals surface area contributed by atoms with Crippen molar-refractivity contribution in [1.82, 2.24) is 10.2 Å². The van der Waals surface area contributed by atoms with Gasteiger partial charge in [0.1, 0.15) is 5.84 Å². The second-order valence-corrected chi connectivity index (χ2v) is 8.43. The highest BCUT2D eigenvalue weighted by atomic mass is 35.5. The largest absolute Gasteiger partial charge is 0.473 e. The predicted octanol–water partition coefficient (Wildman–Crippen LogP) is 2.47. The van der Waals surface area contributed by atoms with Crippen LogP contribution in [0.15, 0.2) is 41.4 Å². The Kier molecular flexibility index (Phi) is 7.72. The van der Waals surface area contributed by atoms with Crippen LogP contribution in [-0.4, -0.2) is 67.0 Å². The van der Waals surface area contributed by atoms with E-state index in [1.807, 2.05) is 0 Å². The monoisotopic (exact) mass is 502 g/mol. The molecule has 1 aromatic heterocycles. The first-order valence-corrected chi connectivity index (χ1v) is 10.7. The Morgan fingerprint density at radius 3 is 2.52 bits per heavy atom. The van der Waals surface area contributed by atoms with E-state index >= 15 is 0 Å². The zero-order chi connectivity index (χ0) is 24.2. The van der Waals surface area contributed by atoms with Crippen LogP contribution in [0.1, 0.15) is 24.9 Å². The highest BCUT2D eigenvalue weighted by Gasteiger charge is 2.39. The maximum absolute atomic E-state index is 12.9. The fourth-order valence-electron chi connectivity index (χ4n) is 2.97. The maximum Gasteiger partial charge on any atom is 0.473 e. The molecule has 0 aliphatic carbocycles. The minimum absolute atomic E-state index is 0.0401. The van der Waals surface area contributed by atoms with Crippen LogP contribution in [0.4, 0.5) is 13.2 Å². The van der Waals surface area contributed by atoms with Gasteiger partial charge in [-0.1, -0.05) is 11.6 Å². The van der Waals surface area contributed by atoms with Crippen LogP contribution in [0.2, 0.25) is 5.02 Å². The van der Waals surface area contributed by atoms with Gasteiger partial charge in [0.25, 0.3) is 11.8 Å². The first kappa shape index (κ1) is 24.7. The average molecular weight is 503 g/mol. The molecule has 1 fully saturated rings. The van der Waals surface area contributed by atoms with Crippen molar-refractivity contribution in [2.24, 2.45) is 10.7 Å². The maximum atomic E-state index is 12.9. The summed E-state index contributed by atoms with van der Waals surface area (Å²) in [5.41, 5.74) is 5.90. The van der Waals surface area contributed by atoms with Crippen molar-refractivity contribution in [3.8, 4) is 0 Å². The SMILES string of the molecule is NC(=NC(=O)C(F)(F)F)c1ccc(C(=O)NCC2COCCN2C(=O)c2ccc(Cl)cc2)s1. The number of alkyl halides is 3. The summed E-state index contributed by atoms with van der Waals surface area (Å²) in [4.78, 5) is 40.9. The van der Waals surface area contributed by atoms with Gasteiger partial charge in [-0.2, -0.15) is 18.2 Å². The number of morpholine rings is 1. The van der Waals surface area contributed by atoms with Gasteiger partial charge in [-0.15, -0.1) is 11.3 Å². The number of nitrogens with one attached hydrogen (secondary N) is 1. The van der Waals surface area contributed by atoms with Crippen molar-refractivity contribution in [3.63, 3.8) is 0 Å². The number of carbonyl (C=O) groups excluding carboxylic acids is 3. The van der Waals surface area contributed by atoms with E-state index in [0.29, 0.717) is 23.7 Å². The normalized spacial score (nSPS) is 17.0. The second-order valence-electron chi connectivity index (χ2n) is 6.91. The summed E-state index contributed by atoms with van der Waals surface area (Å²) in [7, 11) is 0. The van der Waals surface area contributed by atoms with E-state index in [4.69, 9.17) is 22.1 Å². The van der Waals surface area contributed by atoms with Crippen LogP contribution < -0.4 is 11.1 Å². The Labute approximate surface area is 195 Å². The molecule has 3 N–H and O–H groups in total. The third kappa shape index (κ3) is 6.30. The number of aliphatic imine (C=N–C) groups is 1. The molecule has 1 saturated heterocycles. The third-order valence-corrected chi connectivity index (χ3v) is 5.98. The summed E-state index contributed by atoms with van der Waals surface area (Å²) >= 11 is 6.65. The number of hydrogen-bond acceptors (Lipinski definition) is 5. The standard InChI is InChI=1S/C20H18ClF3N4O4S/c21-12-3-1-11(2-4-12)18(30)28-7-8-32-10-13(28)9-26-17(29)15-6-5-14(33-15)16(25)27-19(31)20(22,23)24/h1-6,13H,7-10H2,(H,26,29)(H2,25,27,31). The van der Waals surface area contributed by atoms with Crippen molar-refractivity contribution < 1.29 is 32.3 Å². The number of nitrogens with two attached hydrogens (primary N) is 1. The highest BCUT2D eigenvalue weighted by Crippen LogP contribution is 2.20. The fraction of sp³-hybridized carbons (Fsp3) is 0.300. The molecule has 1 atom stereocenters. The molecule has 2 aromatic rings. The molecule has 0 radical (unpaired) electrons. The number of benzene rings is 1. The lowest BCUT2D eigenvalue weighted by Crippen LogP contribution is -2.53. The molecule has 176 valence electrons. The molecule has 1 unspecified atom stereocenters. The van der Waals surface area contributed by atoms with E-state index in [0.717, 1.165) is 11.3 Å². The molecule has 8 nitrogen and oxygen atoms in total. The van der Waals surface area contributed by atoms with Gasteiger partial charge < -0.3 is 20.7 Å². The minimum Gasteiger partial charge on any atom is -0.382 e. The molecule has 33 heavy (non-hydrogen) atoms. The molecule has 2 heterocycles. The number of thiophene rings is 1. The molecule has 1 aromatic carbocycles. The molecule has 1 aliphatic heterocycles. The number of nitrogens with zero attached hydrogens (tertiary/aromatic N) is 2. The Balaban J connectivity index is 1.63. The predicted molar refractivity (Wildman–Crippen MR) is 116 cm³/mol. The van der Waals surface area contributed by atoms with Crippen LogP contribution in [0.5, 0.6) is 0 Å². The van der Waals surface area contributed by atoms with Crippen molar-refractivity contribution in [2.75, 3.05) is 26.3 Å². The van der Waals surface area contributed by atoms with E-state index in [1.165, 1.54) is 12.1 Å². The van der Waals surface area contributed by atoms with Gasteiger partial charge in [-0.3, -0.25) is 14.4 Å². The Morgan fingerprint density at radius 2 is 1.85 bits per heavy atom. The molecular weight excluding hydrogens is 485 g/mol. The van der Waals surface area contributed by atoms with Gasteiger partial charge in [-0.25, -0.2) is 0 Å². The van der Waals surface area contributed by atoms with Crippen molar-refractivity contribution in [1.29, 1.82) is 0 Å². The Bertz CT molecular complexity index is 1070. The van der Waals surface area contributed by atoms with Gasteiger partial charge >= 0.3 is 12.1 Å². The highest BCUT2D eigenvalue weighted by molar-refractivity contribution is 7.16. The average Bonchev–Trinajstić information content (AvgIpc) is 3.28. The van der Waals surface area contributed by atoms with Gasteiger partial charge in [0.2, 0.25) is 0 Å². The second kappa shape index (κ2) is 10.3. The molecular formula is C20H18ClF3N4O4S. The van der Waals surface area contributed by atoms with Gasteiger partial charge in [-0.05, 0) is 36.4 Å². The number of halogens is 4. The smallest absolute Gasteiger partial charge is 0.382 e. The third-order valence-electron chi connectivity index (χ3n) is 4.62. The molecule has 13 heteroatoms. The molecule has 3 rings (SSSR count). The van der Waals surface area contributed by atoms with E-state index in [-0.39, 0.29) is 28.8 Å². The van der Waals surface area contributed by atoms with Crippen LogP contribution >= 0.6 is 22.9 Å². The topological polar surface area (TPSA) is 114 Å². The van der Waals surface area contributed by atoms with Crippen molar-refractivity contribution in [2.45, 2.75) is 12.2 Å². The van der Waals surface area contributed by atoms with Crippen LogP contribution in [0.25, 0.3) is 0 Å². The van der Waals surface area contributed by atoms with Crippen molar-refractivity contribution in [3.05, 3.63) is 56.7 Å². The van der Waals surface area contributed by atoms with E-state index in [1.54, 1.807) is 29.2 Å². The molecule has 0 spiro atoms. The first-order valence-electron chi connectivity index (χ1n) is 9.54. The van der Waals surface area contributed by atoms with Crippen LogP contribution in [0, 0.1) is 0 Å². The summed E-state index contributed by atoms with van der Waals surface area (Å²) < 4.78 is 42.4. The minimum atomic E-state index is -5.14. The number of ether oxygens (including phenoxy) is 1. The summed E-state index contributed by atoms with van der Waals surface area (Å²) in [5.74, 6) is -3.72. The van der Waals surface area contributed by atoms with Crippen molar-refractivity contribution >= 4 is 46.5 Å². The number of carbonyl (C=O) groups is 3. The summed E-state index contributed by atoms with van der Waals surface area (Å²) in [6, 6.07) is 8.65. The van der Waals surface area contributed by atoms with Crippen LogP contribution in [0.3, 0.4) is 0 Å². The first-order chi connectivity index (χ1) is 15.6. The Hall–Kier alpha value is -2.96.